The fraction of sp³-hybridized carbons (Fsp3) is 0.133. The fourth-order valence-electron chi connectivity index (χ4n) is 2.28. The van der Waals surface area contributed by atoms with E-state index in [1.807, 2.05) is 6.07 Å². The molecule has 1 saturated heterocycles. The monoisotopic (exact) mass is 333 g/mol. The minimum absolute atomic E-state index is 0.153. The third-order valence-electron chi connectivity index (χ3n) is 3.34. The molecule has 23 heavy (non-hydrogen) atoms. The van der Waals surface area contributed by atoms with E-state index >= 15 is 0 Å². The molecule has 120 valence electrons. The van der Waals surface area contributed by atoms with Crippen molar-refractivity contribution in [1.82, 2.24) is 9.73 Å². The summed E-state index contributed by atoms with van der Waals surface area (Å²) in [5, 5.41) is 13.0. The van der Waals surface area contributed by atoms with Gasteiger partial charge < -0.3 is 5.11 Å². The van der Waals surface area contributed by atoms with Gasteiger partial charge in [0.15, 0.2) is 6.29 Å². The molecule has 0 saturated carbocycles. The third-order valence-corrected chi connectivity index (χ3v) is 5.08. The second kappa shape index (κ2) is 5.99. The number of sulfonamides is 1. The number of hydrazine groups is 1. The summed E-state index contributed by atoms with van der Waals surface area (Å²) < 4.78 is 26.6. The minimum atomic E-state index is -3.76. The van der Waals surface area contributed by atoms with Gasteiger partial charge in [-0.2, -0.15) is 0 Å². The van der Waals surface area contributed by atoms with E-state index in [0.29, 0.717) is 5.69 Å². The Balaban J connectivity index is 1.91. The van der Waals surface area contributed by atoms with Crippen molar-refractivity contribution in [2.24, 2.45) is 0 Å². The first kappa shape index (κ1) is 15.5. The van der Waals surface area contributed by atoms with Crippen LogP contribution in [0.5, 0.6) is 0 Å². The number of benzene rings is 2. The molecule has 0 radical (unpaired) electrons. The molecule has 8 heteroatoms. The quantitative estimate of drug-likeness (QED) is 0.769. The Labute approximate surface area is 133 Å². The van der Waals surface area contributed by atoms with Crippen molar-refractivity contribution < 1.29 is 18.3 Å². The smallest absolute Gasteiger partial charge is 0.317 e. The molecule has 0 aromatic heterocycles. The van der Waals surface area contributed by atoms with Gasteiger partial charge in [-0.1, -0.05) is 40.8 Å². The Morgan fingerprint density at radius 2 is 1.61 bits per heavy atom. The lowest BCUT2D eigenvalue weighted by Crippen LogP contribution is -2.30. The largest absolute Gasteiger partial charge is 0.480 e. The number of hydrogen-bond acceptors (Lipinski definition) is 5. The number of nitrogens with zero attached hydrogens (tertiary/aromatic N) is 2. The van der Waals surface area contributed by atoms with Crippen LogP contribution in [0.15, 0.2) is 65.6 Å². The standard InChI is InChI=1S/C15H15N3O4S/c19-14(20)11-16-15-17(12-7-3-1-4-8-12)18(15)23(21,22)13-9-5-2-6-10-13/h1-10,15-16H,11H2,(H,19,20). The molecule has 1 fully saturated rings. The lowest BCUT2D eigenvalue weighted by Gasteiger charge is -2.06. The van der Waals surface area contributed by atoms with Crippen LogP contribution in [0.1, 0.15) is 0 Å². The van der Waals surface area contributed by atoms with Gasteiger partial charge in [-0.15, -0.1) is 0 Å². The van der Waals surface area contributed by atoms with E-state index in [1.54, 1.807) is 42.5 Å². The van der Waals surface area contributed by atoms with Gasteiger partial charge in [0.2, 0.25) is 0 Å². The summed E-state index contributed by atoms with van der Waals surface area (Å²) in [4.78, 5) is 10.9. The molecule has 7 nitrogen and oxygen atoms in total. The van der Waals surface area contributed by atoms with E-state index in [4.69, 9.17) is 5.11 Å². The van der Waals surface area contributed by atoms with Gasteiger partial charge in [0.1, 0.15) is 0 Å². The SMILES string of the molecule is O=C(O)CNC1N(c2ccccc2)N1S(=O)(=O)c1ccccc1. The van der Waals surface area contributed by atoms with E-state index in [9.17, 15) is 13.2 Å². The number of nitrogens with one attached hydrogen (secondary N) is 1. The van der Waals surface area contributed by atoms with Gasteiger partial charge in [0, 0.05) is 0 Å². The number of carboxylic acid groups (broad SMARTS) is 1. The summed E-state index contributed by atoms with van der Waals surface area (Å²) in [5.74, 6) is -1.05. The van der Waals surface area contributed by atoms with E-state index in [1.165, 1.54) is 17.1 Å². The highest BCUT2D eigenvalue weighted by Crippen LogP contribution is 2.37. The van der Waals surface area contributed by atoms with Gasteiger partial charge in [0.05, 0.1) is 17.1 Å². The van der Waals surface area contributed by atoms with Gasteiger partial charge in [-0.3, -0.25) is 15.1 Å². The summed E-state index contributed by atoms with van der Waals surface area (Å²) in [5.41, 5.74) is 0.662. The van der Waals surface area contributed by atoms with Crippen molar-refractivity contribution in [2.45, 2.75) is 11.2 Å². The molecule has 2 aromatic rings. The van der Waals surface area contributed by atoms with Crippen molar-refractivity contribution in [3.63, 3.8) is 0 Å². The van der Waals surface area contributed by atoms with E-state index in [2.05, 4.69) is 5.32 Å². The third kappa shape index (κ3) is 3.04. The summed E-state index contributed by atoms with van der Waals surface area (Å²) >= 11 is 0. The lowest BCUT2D eigenvalue weighted by atomic mass is 10.3. The van der Waals surface area contributed by atoms with Crippen LogP contribution >= 0.6 is 0 Å². The first-order valence-corrected chi connectivity index (χ1v) is 8.34. The maximum atomic E-state index is 12.7. The molecule has 0 spiro atoms. The predicted molar refractivity (Wildman–Crippen MR) is 83.8 cm³/mol. The highest BCUT2D eigenvalue weighted by molar-refractivity contribution is 7.89. The lowest BCUT2D eigenvalue weighted by molar-refractivity contribution is -0.136. The van der Waals surface area contributed by atoms with Crippen LogP contribution in [0, 0.1) is 0 Å². The highest BCUT2D eigenvalue weighted by atomic mass is 32.2. The summed E-state index contributed by atoms with van der Waals surface area (Å²) in [6.45, 7) is -0.338. The average Bonchev–Trinajstić information content (AvgIpc) is 3.30. The van der Waals surface area contributed by atoms with E-state index in [-0.39, 0.29) is 11.4 Å². The Hall–Kier alpha value is -2.42. The Bertz CT molecular complexity index is 796. The zero-order chi connectivity index (χ0) is 16.4. The molecule has 0 bridgehead atoms. The van der Waals surface area contributed by atoms with Crippen LogP contribution in [-0.4, -0.2) is 36.7 Å². The Kier molecular flexibility index (Phi) is 4.03. The van der Waals surface area contributed by atoms with Crippen LogP contribution in [0.25, 0.3) is 0 Å². The highest BCUT2D eigenvalue weighted by Gasteiger charge is 2.54. The number of carboxylic acids is 1. The van der Waals surface area contributed by atoms with Crippen LogP contribution in [0.4, 0.5) is 5.69 Å². The van der Waals surface area contributed by atoms with Crippen LogP contribution in [0.3, 0.4) is 0 Å². The van der Waals surface area contributed by atoms with Crippen molar-refractivity contribution >= 4 is 21.7 Å². The maximum absolute atomic E-state index is 12.7. The van der Waals surface area contributed by atoms with Crippen molar-refractivity contribution in [2.75, 3.05) is 11.6 Å². The number of rotatable bonds is 6. The zero-order valence-electron chi connectivity index (χ0n) is 12.0. The van der Waals surface area contributed by atoms with Crippen molar-refractivity contribution in [3.8, 4) is 0 Å². The Morgan fingerprint density at radius 3 is 2.17 bits per heavy atom. The first-order valence-electron chi connectivity index (χ1n) is 6.90. The molecule has 1 aliphatic rings. The van der Waals surface area contributed by atoms with Crippen LogP contribution < -0.4 is 10.3 Å². The molecule has 0 amide bonds. The van der Waals surface area contributed by atoms with Gasteiger partial charge >= 0.3 is 5.97 Å². The molecule has 2 atom stereocenters. The van der Waals surface area contributed by atoms with Crippen molar-refractivity contribution in [3.05, 3.63) is 60.7 Å². The number of carbonyl (C=O) groups is 1. The van der Waals surface area contributed by atoms with E-state index in [0.717, 1.165) is 4.41 Å². The number of hydrogen-bond donors (Lipinski definition) is 2. The van der Waals surface area contributed by atoms with E-state index < -0.39 is 22.3 Å². The molecule has 1 heterocycles. The van der Waals surface area contributed by atoms with Gasteiger partial charge in [0.25, 0.3) is 10.0 Å². The molecule has 0 aliphatic carbocycles. The summed E-state index contributed by atoms with van der Waals surface area (Å²) in [6.07, 6.45) is -0.723. The molecule has 1 aliphatic heterocycles. The first-order chi connectivity index (χ1) is 11.0. The zero-order valence-corrected chi connectivity index (χ0v) is 12.8. The molecular formula is C15H15N3O4S. The second-order valence-corrected chi connectivity index (χ2v) is 6.71. The predicted octanol–water partition coefficient (Wildman–Crippen LogP) is 1.07. The van der Waals surface area contributed by atoms with Gasteiger partial charge in [-0.05, 0) is 24.3 Å². The number of anilines is 1. The van der Waals surface area contributed by atoms with Crippen LogP contribution in [0.2, 0.25) is 0 Å². The maximum Gasteiger partial charge on any atom is 0.317 e. The molecule has 3 rings (SSSR count). The van der Waals surface area contributed by atoms with Crippen LogP contribution in [-0.2, 0) is 14.8 Å². The molecule has 2 N–H and O–H groups in total. The normalized spacial score (nSPS) is 20.3. The number of para-hydroxylation sites is 1. The summed E-state index contributed by atoms with van der Waals surface area (Å²) in [6, 6.07) is 16.9. The molecule has 2 aromatic carbocycles. The fourth-order valence-corrected chi connectivity index (χ4v) is 3.80. The second-order valence-electron chi connectivity index (χ2n) is 4.92. The Morgan fingerprint density at radius 1 is 1.04 bits per heavy atom. The molecule has 2 unspecified atom stereocenters. The van der Waals surface area contributed by atoms with Gasteiger partial charge in [-0.25, -0.2) is 8.42 Å². The summed E-state index contributed by atoms with van der Waals surface area (Å²) in [7, 11) is -3.76. The topological polar surface area (TPSA) is 89.5 Å². The number of aliphatic carboxylic acids is 1. The minimum Gasteiger partial charge on any atom is -0.480 e. The van der Waals surface area contributed by atoms with Crippen molar-refractivity contribution in [1.29, 1.82) is 0 Å². The average molecular weight is 333 g/mol. The molecular weight excluding hydrogens is 318 g/mol.